The predicted octanol–water partition coefficient (Wildman–Crippen LogP) is 12.5. The van der Waals surface area contributed by atoms with Crippen molar-refractivity contribution in [3.8, 4) is 0 Å². The molecule has 0 bridgehead atoms. The summed E-state index contributed by atoms with van der Waals surface area (Å²) >= 11 is 0. The van der Waals surface area contributed by atoms with Crippen LogP contribution in [0.4, 0.5) is 0 Å². The van der Waals surface area contributed by atoms with E-state index in [1.165, 1.54) is 44.1 Å². The van der Waals surface area contributed by atoms with Crippen LogP contribution in [0.15, 0.2) is 84.6 Å². The molecule has 63 heavy (non-hydrogen) atoms. The quantitative estimate of drug-likeness (QED) is 0.0694. The van der Waals surface area contributed by atoms with Crippen LogP contribution in [0.25, 0.3) is 0 Å². The lowest BCUT2D eigenvalue weighted by Crippen LogP contribution is -2.60. The molecule has 1 aliphatic heterocycles. The summed E-state index contributed by atoms with van der Waals surface area (Å²) in [5, 5.41) is 32.5. The van der Waals surface area contributed by atoms with Gasteiger partial charge in [0.05, 0.1) is 6.10 Å². The highest BCUT2D eigenvalue weighted by molar-refractivity contribution is 5.69. The number of esters is 1. The van der Waals surface area contributed by atoms with Gasteiger partial charge in [0.1, 0.15) is 31.0 Å². The minimum Gasteiger partial charge on any atom is -0.463 e. The van der Waals surface area contributed by atoms with Crippen LogP contribution in [0.3, 0.4) is 0 Å². The summed E-state index contributed by atoms with van der Waals surface area (Å²) in [6.07, 6.45) is 40.2. The number of carbonyl (C=O) groups excluding carboxylic acids is 1. The number of aliphatic hydroxyl groups excluding tert-OH is 3. The Balaban J connectivity index is 1.01. The molecule has 354 valence electrons. The van der Waals surface area contributed by atoms with Crippen molar-refractivity contribution in [1.82, 2.24) is 0 Å². The van der Waals surface area contributed by atoms with E-state index in [0.29, 0.717) is 17.8 Å². The summed E-state index contributed by atoms with van der Waals surface area (Å²) in [5.41, 5.74) is 2.09. The van der Waals surface area contributed by atoms with Crippen molar-refractivity contribution in [3.63, 3.8) is 0 Å². The van der Waals surface area contributed by atoms with Gasteiger partial charge in [0, 0.05) is 6.42 Å². The first-order valence-electron chi connectivity index (χ1n) is 25.4. The number of hydrogen-bond acceptors (Lipinski definition) is 7. The van der Waals surface area contributed by atoms with Gasteiger partial charge in [-0.2, -0.15) is 0 Å². The molecular weight excluding hydrogens is 785 g/mol. The molecule has 4 fully saturated rings. The predicted molar refractivity (Wildman–Crippen MR) is 258 cm³/mol. The Bertz CT molecular complexity index is 1600. The van der Waals surface area contributed by atoms with E-state index >= 15 is 0 Å². The number of rotatable bonds is 23. The largest absolute Gasteiger partial charge is 0.463 e. The lowest BCUT2D eigenvalue weighted by Gasteiger charge is -2.58. The summed E-state index contributed by atoms with van der Waals surface area (Å²) < 4.78 is 18.0. The maximum absolute atomic E-state index is 12.6. The van der Waals surface area contributed by atoms with Gasteiger partial charge in [-0.05, 0) is 149 Å². The molecule has 5 aliphatic rings. The van der Waals surface area contributed by atoms with E-state index < -0.39 is 36.7 Å². The van der Waals surface area contributed by atoms with Gasteiger partial charge in [-0.15, -0.1) is 0 Å². The van der Waals surface area contributed by atoms with Crippen molar-refractivity contribution in [2.75, 3.05) is 6.61 Å². The van der Waals surface area contributed by atoms with Gasteiger partial charge in [0.25, 0.3) is 0 Å². The van der Waals surface area contributed by atoms with Crippen LogP contribution in [0, 0.1) is 52.3 Å². The van der Waals surface area contributed by atoms with E-state index in [-0.39, 0.29) is 24.5 Å². The molecule has 7 nitrogen and oxygen atoms in total. The minimum absolute atomic E-state index is 0.157. The fourth-order valence-corrected chi connectivity index (χ4v) is 12.2. The Morgan fingerprint density at radius 1 is 0.762 bits per heavy atom. The molecule has 1 heterocycles. The van der Waals surface area contributed by atoms with Crippen LogP contribution in [0.1, 0.15) is 164 Å². The van der Waals surface area contributed by atoms with Crippen molar-refractivity contribution in [3.05, 3.63) is 84.6 Å². The van der Waals surface area contributed by atoms with Crippen molar-refractivity contribution < 1.29 is 34.3 Å². The van der Waals surface area contributed by atoms with Gasteiger partial charge in [-0.1, -0.05) is 146 Å². The van der Waals surface area contributed by atoms with E-state index in [2.05, 4.69) is 115 Å². The molecule has 0 aromatic carbocycles. The Kier molecular flexibility index (Phi) is 20.7. The number of carbonyl (C=O) groups is 1. The SMILES string of the molecule is CC/C=C\C/C=C\C/C=C\C/C=C\C/C=C\C/C=C\CCC(=O)OCC1OC(OC2CCC3(C)C(=CCC4C3CCC3(C)C(C(C)CCC(C)C(C)C)CCC43)C2)C(O)C(O)C1O. The summed E-state index contributed by atoms with van der Waals surface area (Å²) in [5.74, 6) is 5.01. The molecule has 4 aliphatic carbocycles. The Morgan fingerprint density at radius 3 is 2.00 bits per heavy atom. The normalized spacial score (nSPS) is 35.9. The first-order valence-corrected chi connectivity index (χ1v) is 25.4. The Labute approximate surface area is 383 Å². The molecule has 0 radical (unpaired) electrons. The van der Waals surface area contributed by atoms with E-state index in [1.54, 1.807) is 0 Å². The zero-order valence-corrected chi connectivity index (χ0v) is 40.4. The fourth-order valence-electron chi connectivity index (χ4n) is 12.2. The van der Waals surface area contributed by atoms with Crippen LogP contribution < -0.4 is 0 Å². The van der Waals surface area contributed by atoms with Gasteiger partial charge in [-0.25, -0.2) is 0 Å². The van der Waals surface area contributed by atoms with Crippen LogP contribution in [-0.4, -0.2) is 64.7 Å². The zero-order valence-electron chi connectivity index (χ0n) is 40.4. The number of ether oxygens (including phenoxy) is 3. The van der Waals surface area contributed by atoms with Gasteiger partial charge >= 0.3 is 5.97 Å². The lowest BCUT2D eigenvalue weighted by atomic mass is 9.47. The van der Waals surface area contributed by atoms with Crippen molar-refractivity contribution in [1.29, 1.82) is 0 Å². The van der Waals surface area contributed by atoms with E-state index in [1.807, 2.05) is 12.2 Å². The maximum Gasteiger partial charge on any atom is 0.306 e. The standard InChI is InChI=1S/C56H88O7/c1-8-9-10-11-12-13-14-15-16-17-18-19-20-21-22-23-24-25-26-27-50(57)61-39-49-51(58)52(59)53(60)54(63-49)62-44-34-36-55(6)43(38-44)30-31-45-47-33-32-46(56(47,7)37-35-48(45)55)42(5)29-28-41(4)40(2)3/h9-10,12-13,15-16,18-19,21-22,24-25,30,40-42,44-49,51-54,58-60H,8,11,14,17,20,23,26-29,31-39H2,1-7H3/b10-9-,13-12-,16-15-,19-18-,22-21-,25-24-. The smallest absolute Gasteiger partial charge is 0.306 e. The molecule has 1 saturated heterocycles. The first-order chi connectivity index (χ1) is 30.3. The highest BCUT2D eigenvalue weighted by atomic mass is 16.7. The average Bonchev–Trinajstić information content (AvgIpc) is 3.63. The van der Waals surface area contributed by atoms with Gasteiger partial charge < -0.3 is 29.5 Å². The van der Waals surface area contributed by atoms with Gasteiger partial charge in [-0.3, -0.25) is 4.79 Å². The average molecular weight is 873 g/mol. The fraction of sp³-hybridized carbons (Fsp3) is 0.732. The van der Waals surface area contributed by atoms with Gasteiger partial charge in [0.2, 0.25) is 0 Å². The molecule has 0 amide bonds. The molecule has 3 saturated carbocycles. The van der Waals surface area contributed by atoms with Crippen molar-refractivity contribution in [2.45, 2.75) is 201 Å². The summed E-state index contributed by atoms with van der Waals surface area (Å²) in [6.45, 7) is 16.8. The molecule has 14 atom stereocenters. The third-order valence-electron chi connectivity index (χ3n) is 16.5. The van der Waals surface area contributed by atoms with E-state index in [9.17, 15) is 20.1 Å². The number of allylic oxidation sites excluding steroid dienone is 13. The molecule has 0 aromatic rings. The molecule has 14 unspecified atom stereocenters. The summed E-state index contributed by atoms with van der Waals surface area (Å²) in [6, 6.07) is 0. The number of fused-ring (bicyclic) bond motifs is 5. The monoisotopic (exact) mass is 873 g/mol. The second-order valence-electron chi connectivity index (χ2n) is 20.9. The molecule has 0 spiro atoms. The van der Waals surface area contributed by atoms with Crippen LogP contribution in [0.5, 0.6) is 0 Å². The second-order valence-corrected chi connectivity index (χ2v) is 20.9. The maximum atomic E-state index is 12.6. The third kappa shape index (κ3) is 14.0. The number of hydrogen-bond donors (Lipinski definition) is 3. The topological polar surface area (TPSA) is 105 Å². The molecule has 3 N–H and O–H groups in total. The Morgan fingerprint density at radius 2 is 1.38 bits per heavy atom. The molecular formula is C56H88O7. The Hall–Kier alpha value is -2.55. The van der Waals surface area contributed by atoms with Crippen LogP contribution >= 0.6 is 0 Å². The number of aliphatic hydroxyl groups is 3. The highest BCUT2D eigenvalue weighted by Gasteiger charge is 2.59. The van der Waals surface area contributed by atoms with Crippen LogP contribution in [-0.2, 0) is 19.0 Å². The lowest BCUT2D eigenvalue weighted by molar-refractivity contribution is -0.313. The first kappa shape index (κ1) is 51.4. The summed E-state index contributed by atoms with van der Waals surface area (Å²) in [7, 11) is 0. The third-order valence-corrected chi connectivity index (χ3v) is 16.5. The molecule has 5 rings (SSSR count). The van der Waals surface area contributed by atoms with Crippen molar-refractivity contribution >= 4 is 5.97 Å². The highest BCUT2D eigenvalue weighted by Crippen LogP contribution is 2.67. The van der Waals surface area contributed by atoms with Crippen LogP contribution in [0.2, 0.25) is 0 Å². The zero-order chi connectivity index (χ0) is 45.4. The second kappa shape index (κ2) is 25.4. The molecule has 0 aromatic heterocycles. The summed E-state index contributed by atoms with van der Waals surface area (Å²) in [4.78, 5) is 12.6. The van der Waals surface area contributed by atoms with Crippen molar-refractivity contribution in [2.24, 2.45) is 52.3 Å². The van der Waals surface area contributed by atoms with E-state index in [4.69, 9.17) is 14.2 Å². The molecule has 7 heteroatoms. The van der Waals surface area contributed by atoms with E-state index in [0.717, 1.165) is 99.7 Å². The van der Waals surface area contributed by atoms with Gasteiger partial charge in [0.15, 0.2) is 6.29 Å². The minimum atomic E-state index is -1.47.